The molecule has 1 saturated heterocycles. The molecular formula is C24H21ClN4O. The summed E-state index contributed by atoms with van der Waals surface area (Å²) in [5.74, 6) is 1.64. The van der Waals surface area contributed by atoms with Crippen molar-refractivity contribution in [2.75, 3.05) is 18.4 Å². The lowest BCUT2D eigenvalue weighted by Gasteiger charge is -2.22. The number of hydrogen-bond donors (Lipinski definition) is 3. The molecule has 5 nitrogen and oxygen atoms in total. The standard InChI is InChI=1S/C24H21ClN4O/c25-16-10-11-22(30)18(12-16)24-27-20-9-5-4-8-17(20)23(29-24)28-21-14-26-13-19(21)15-6-2-1-3-7-15/h1-12,19,21,26,30H,13-14H2,(H,27,28,29)/t19-,21+/m0/s1. The summed E-state index contributed by atoms with van der Waals surface area (Å²) in [7, 11) is 0. The first-order chi connectivity index (χ1) is 14.7. The first kappa shape index (κ1) is 18.9. The summed E-state index contributed by atoms with van der Waals surface area (Å²) in [5, 5.41) is 19.0. The van der Waals surface area contributed by atoms with Gasteiger partial charge in [-0.15, -0.1) is 0 Å². The lowest BCUT2D eigenvalue weighted by atomic mass is 9.94. The topological polar surface area (TPSA) is 70.1 Å². The lowest BCUT2D eigenvalue weighted by Crippen LogP contribution is -2.27. The Morgan fingerprint density at radius 2 is 1.73 bits per heavy atom. The third kappa shape index (κ3) is 3.58. The monoisotopic (exact) mass is 416 g/mol. The van der Waals surface area contributed by atoms with E-state index in [1.54, 1.807) is 18.2 Å². The molecule has 2 atom stereocenters. The number of nitrogens with one attached hydrogen (secondary N) is 2. The van der Waals surface area contributed by atoms with Crippen molar-refractivity contribution in [1.29, 1.82) is 0 Å². The zero-order valence-electron chi connectivity index (χ0n) is 16.2. The zero-order valence-corrected chi connectivity index (χ0v) is 17.0. The Balaban J connectivity index is 1.57. The first-order valence-corrected chi connectivity index (χ1v) is 10.3. The van der Waals surface area contributed by atoms with Crippen LogP contribution in [0.4, 0.5) is 5.82 Å². The van der Waals surface area contributed by atoms with E-state index in [0.717, 1.165) is 29.8 Å². The fourth-order valence-corrected chi connectivity index (χ4v) is 4.22. The van der Waals surface area contributed by atoms with Gasteiger partial charge in [-0.05, 0) is 35.9 Å². The summed E-state index contributed by atoms with van der Waals surface area (Å²) in [4.78, 5) is 9.47. The summed E-state index contributed by atoms with van der Waals surface area (Å²) in [6.45, 7) is 1.75. The van der Waals surface area contributed by atoms with Crippen LogP contribution in [0.1, 0.15) is 11.5 Å². The number of para-hydroxylation sites is 1. The smallest absolute Gasteiger partial charge is 0.165 e. The zero-order chi connectivity index (χ0) is 20.5. The second-order valence-electron chi connectivity index (χ2n) is 7.50. The van der Waals surface area contributed by atoms with Gasteiger partial charge >= 0.3 is 0 Å². The third-order valence-electron chi connectivity index (χ3n) is 5.57. The van der Waals surface area contributed by atoms with Gasteiger partial charge in [0.05, 0.1) is 11.1 Å². The van der Waals surface area contributed by atoms with Crippen LogP contribution < -0.4 is 10.6 Å². The molecule has 0 saturated carbocycles. The van der Waals surface area contributed by atoms with Gasteiger partial charge in [-0.2, -0.15) is 0 Å². The molecule has 6 heteroatoms. The third-order valence-corrected chi connectivity index (χ3v) is 5.80. The molecule has 150 valence electrons. The minimum absolute atomic E-state index is 0.102. The fourth-order valence-electron chi connectivity index (χ4n) is 4.05. The SMILES string of the molecule is Oc1ccc(Cl)cc1-c1nc(N[C@@H]2CNC[C@H]2c2ccccc2)c2ccccc2n1. The summed E-state index contributed by atoms with van der Waals surface area (Å²) < 4.78 is 0. The maximum absolute atomic E-state index is 10.4. The molecule has 0 amide bonds. The molecule has 1 aromatic heterocycles. The van der Waals surface area contributed by atoms with E-state index < -0.39 is 0 Å². The van der Waals surface area contributed by atoms with E-state index in [2.05, 4.69) is 39.9 Å². The predicted molar refractivity (Wildman–Crippen MR) is 121 cm³/mol. The number of fused-ring (bicyclic) bond motifs is 1. The Morgan fingerprint density at radius 1 is 0.933 bits per heavy atom. The summed E-state index contributed by atoms with van der Waals surface area (Å²) >= 11 is 6.16. The second kappa shape index (κ2) is 7.94. The summed E-state index contributed by atoms with van der Waals surface area (Å²) in [6, 6.07) is 23.5. The number of phenolic OH excluding ortho intramolecular Hbond substituents is 1. The number of phenols is 1. The molecule has 0 spiro atoms. The number of benzene rings is 3. The van der Waals surface area contributed by atoms with E-state index in [0.29, 0.717) is 22.3 Å². The van der Waals surface area contributed by atoms with Gasteiger partial charge in [0.2, 0.25) is 0 Å². The molecule has 3 N–H and O–H groups in total. The minimum Gasteiger partial charge on any atom is -0.507 e. The average Bonchev–Trinajstić information content (AvgIpc) is 3.24. The maximum Gasteiger partial charge on any atom is 0.165 e. The fraction of sp³-hybridized carbons (Fsp3) is 0.167. The van der Waals surface area contributed by atoms with Gasteiger partial charge in [0.25, 0.3) is 0 Å². The second-order valence-corrected chi connectivity index (χ2v) is 7.94. The van der Waals surface area contributed by atoms with Gasteiger partial charge in [0, 0.05) is 35.5 Å². The van der Waals surface area contributed by atoms with E-state index in [4.69, 9.17) is 16.6 Å². The van der Waals surface area contributed by atoms with Crippen LogP contribution in [-0.2, 0) is 0 Å². The molecule has 30 heavy (non-hydrogen) atoms. The number of aromatic nitrogens is 2. The van der Waals surface area contributed by atoms with Crippen LogP contribution in [0.5, 0.6) is 5.75 Å². The van der Waals surface area contributed by atoms with Crippen molar-refractivity contribution in [2.45, 2.75) is 12.0 Å². The van der Waals surface area contributed by atoms with Crippen molar-refractivity contribution in [2.24, 2.45) is 0 Å². The Morgan fingerprint density at radius 3 is 2.60 bits per heavy atom. The Bertz CT molecular complexity index is 1200. The highest BCUT2D eigenvalue weighted by Gasteiger charge is 2.29. The predicted octanol–water partition coefficient (Wildman–Crippen LogP) is 4.82. The van der Waals surface area contributed by atoms with Gasteiger partial charge in [-0.1, -0.05) is 54.1 Å². The highest BCUT2D eigenvalue weighted by molar-refractivity contribution is 6.30. The highest BCUT2D eigenvalue weighted by Crippen LogP contribution is 2.33. The Hall–Kier alpha value is -3.15. The molecule has 4 aromatic rings. The molecule has 1 fully saturated rings. The van der Waals surface area contributed by atoms with Crippen LogP contribution in [-0.4, -0.2) is 34.2 Å². The van der Waals surface area contributed by atoms with Gasteiger partial charge in [-0.25, -0.2) is 9.97 Å². The van der Waals surface area contributed by atoms with Crippen LogP contribution in [0.25, 0.3) is 22.3 Å². The van der Waals surface area contributed by atoms with Gasteiger partial charge in [0.15, 0.2) is 5.82 Å². The van der Waals surface area contributed by atoms with Crippen molar-refractivity contribution >= 4 is 28.3 Å². The van der Waals surface area contributed by atoms with Crippen molar-refractivity contribution in [3.05, 3.63) is 83.4 Å². The Kier molecular flexibility index (Phi) is 4.99. The van der Waals surface area contributed by atoms with Crippen molar-refractivity contribution < 1.29 is 5.11 Å². The van der Waals surface area contributed by atoms with E-state index in [9.17, 15) is 5.11 Å². The van der Waals surface area contributed by atoms with Crippen LogP contribution >= 0.6 is 11.6 Å². The quantitative estimate of drug-likeness (QED) is 0.444. The molecule has 0 radical (unpaired) electrons. The molecule has 1 aliphatic heterocycles. The molecule has 0 aliphatic carbocycles. The minimum atomic E-state index is 0.102. The van der Waals surface area contributed by atoms with Crippen molar-refractivity contribution in [3.63, 3.8) is 0 Å². The average molecular weight is 417 g/mol. The number of halogens is 1. The molecule has 5 rings (SSSR count). The summed E-state index contributed by atoms with van der Waals surface area (Å²) in [6.07, 6.45) is 0. The molecule has 3 aromatic carbocycles. The molecule has 0 bridgehead atoms. The normalized spacial score (nSPS) is 18.6. The van der Waals surface area contributed by atoms with Crippen LogP contribution in [0.3, 0.4) is 0 Å². The van der Waals surface area contributed by atoms with E-state index >= 15 is 0 Å². The van der Waals surface area contributed by atoms with Crippen molar-refractivity contribution in [3.8, 4) is 17.1 Å². The largest absolute Gasteiger partial charge is 0.507 e. The van der Waals surface area contributed by atoms with Crippen molar-refractivity contribution in [1.82, 2.24) is 15.3 Å². The number of rotatable bonds is 4. The number of anilines is 1. The Labute approximate surface area is 179 Å². The number of nitrogens with zero attached hydrogens (tertiary/aromatic N) is 2. The lowest BCUT2D eigenvalue weighted by molar-refractivity contribution is 0.477. The molecule has 0 unspecified atom stereocenters. The highest BCUT2D eigenvalue weighted by atomic mass is 35.5. The maximum atomic E-state index is 10.4. The number of aromatic hydroxyl groups is 1. The van der Waals surface area contributed by atoms with Crippen LogP contribution in [0, 0.1) is 0 Å². The van der Waals surface area contributed by atoms with Crippen LogP contribution in [0.2, 0.25) is 5.02 Å². The molecular weight excluding hydrogens is 396 g/mol. The summed E-state index contributed by atoms with van der Waals surface area (Å²) in [5.41, 5.74) is 2.62. The van der Waals surface area contributed by atoms with E-state index in [1.807, 2.05) is 30.3 Å². The van der Waals surface area contributed by atoms with Gasteiger partial charge in [0.1, 0.15) is 11.6 Å². The first-order valence-electron chi connectivity index (χ1n) is 9.97. The molecule has 1 aliphatic rings. The van der Waals surface area contributed by atoms with Gasteiger partial charge < -0.3 is 15.7 Å². The van der Waals surface area contributed by atoms with Crippen LogP contribution in [0.15, 0.2) is 72.8 Å². The van der Waals surface area contributed by atoms with E-state index in [1.165, 1.54) is 5.56 Å². The van der Waals surface area contributed by atoms with E-state index in [-0.39, 0.29) is 11.8 Å². The number of hydrogen-bond acceptors (Lipinski definition) is 5. The van der Waals surface area contributed by atoms with Gasteiger partial charge in [-0.3, -0.25) is 0 Å². The molecule has 2 heterocycles.